The molecule has 1 saturated heterocycles. The molecule has 3 heterocycles. The number of amides is 1. The molecule has 6 nitrogen and oxygen atoms in total. The summed E-state index contributed by atoms with van der Waals surface area (Å²) in [5.74, 6) is 0.656. The van der Waals surface area contributed by atoms with Gasteiger partial charge in [-0.1, -0.05) is 41.6 Å². The van der Waals surface area contributed by atoms with Gasteiger partial charge in [0.05, 0.1) is 12.6 Å². The molecule has 1 atom stereocenters. The second-order valence-corrected chi connectivity index (χ2v) is 8.40. The van der Waals surface area contributed by atoms with Gasteiger partial charge in [-0.15, -0.1) is 0 Å². The number of rotatable bonds is 4. The summed E-state index contributed by atoms with van der Waals surface area (Å²) in [4.78, 5) is 21.9. The lowest BCUT2D eigenvalue weighted by Gasteiger charge is -2.37. The fraction of sp³-hybridized carbons (Fsp3) is 0.375. The second-order valence-electron chi connectivity index (χ2n) is 8.40. The molecule has 7 heteroatoms. The van der Waals surface area contributed by atoms with E-state index in [-0.39, 0.29) is 17.8 Å². The van der Waals surface area contributed by atoms with E-state index in [0.717, 1.165) is 25.9 Å². The maximum Gasteiger partial charge on any atom is 0.241 e. The molecule has 1 fully saturated rings. The molecule has 160 valence electrons. The summed E-state index contributed by atoms with van der Waals surface area (Å²) in [6, 6.07) is 12.9. The molecule has 2 aliphatic heterocycles. The Labute approximate surface area is 180 Å². The van der Waals surface area contributed by atoms with Crippen LogP contribution in [0.4, 0.5) is 4.39 Å². The van der Waals surface area contributed by atoms with E-state index in [4.69, 9.17) is 4.52 Å². The molecule has 0 aliphatic carbocycles. The van der Waals surface area contributed by atoms with Crippen LogP contribution in [0.15, 0.2) is 47.0 Å². The molecular formula is C24H25FN4O2. The first kappa shape index (κ1) is 19.9. The van der Waals surface area contributed by atoms with E-state index in [2.05, 4.69) is 27.2 Å². The van der Waals surface area contributed by atoms with Gasteiger partial charge in [0, 0.05) is 25.2 Å². The fourth-order valence-corrected chi connectivity index (χ4v) is 4.48. The third-order valence-corrected chi connectivity index (χ3v) is 6.29. The minimum atomic E-state index is -0.298. The van der Waals surface area contributed by atoms with Crippen molar-refractivity contribution >= 4 is 5.91 Å². The van der Waals surface area contributed by atoms with Crippen LogP contribution in [0.25, 0.3) is 11.4 Å². The average Bonchev–Trinajstić information content (AvgIpc) is 3.47. The molecule has 1 aromatic heterocycles. The monoisotopic (exact) mass is 420 g/mol. The molecule has 1 amide bonds. The van der Waals surface area contributed by atoms with E-state index in [1.54, 1.807) is 19.1 Å². The molecule has 0 bridgehead atoms. The zero-order valence-electron chi connectivity index (χ0n) is 17.6. The van der Waals surface area contributed by atoms with Gasteiger partial charge in [-0.25, -0.2) is 4.39 Å². The Kier molecular flexibility index (Phi) is 5.28. The molecule has 0 saturated carbocycles. The zero-order chi connectivity index (χ0) is 21.4. The van der Waals surface area contributed by atoms with Gasteiger partial charge < -0.3 is 9.42 Å². The second kappa shape index (κ2) is 8.23. The van der Waals surface area contributed by atoms with E-state index < -0.39 is 0 Å². The van der Waals surface area contributed by atoms with Crippen molar-refractivity contribution in [2.24, 2.45) is 0 Å². The molecule has 3 aromatic rings. The molecule has 2 aromatic carbocycles. The number of fused-ring (bicyclic) bond motifs is 1. The summed E-state index contributed by atoms with van der Waals surface area (Å²) in [6.45, 7) is 4.40. The standard InChI is InChI=1S/C24H25FN4O2/c1-16-8-9-18(12-20(16)25)23-26-22(31-27-23)15-29-14-19-7-3-2-6-17(19)13-21(29)24(30)28-10-4-5-11-28/h2-3,6-9,12,21H,4-5,10-11,13-15H2,1H3. The largest absolute Gasteiger partial charge is 0.341 e. The van der Waals surface area contributed by atoms with Crippen LogP contribution in [0.5, 0.6) is 0 Å². The number of hydrogen-bond donors (Lipinski definition) is 0. The van der Waals surface area contributed by atoms with E-state index in [9.17, 15) is 9.18 Å². The summed E-state index contributed by atoms with van der Waals surface area (Å²) >= 11 is 0. The van der Waals surface area contributed by atoms with Gasteiger partial charge in [0.25, 0.3) is 0 Å². The lowest BCUT2D eigenvalue weighted by atomic mass is 9.93. The van der Waals surface area contributed by atoms with Crippen molar-refractivity contribution in [1.29, 1.82) is 0 Å². The van der Waals surface area contributed by atoms with Crippen molar-refractivity contribution in [1.82, 2.24) is 19.9 Å². The van der Waals surface area contributed by atoms with Crippen molar-refractivity contribution in [3.05, 3.63) is 70.9 Å². The minimum absolute atomic E-state index is 0.173. The van der Waals surface area contributed by atoms with Gasteiger partial charge in [-0.3, -0.25) is 9.69 Å². The predicted molar refractivity (Wildman–Crippen MR) is 113 cm³/mol. The van der Waals surface area contributed by atoms with Gasteiger partial charge in [0.2, 0.25) is 17.6 Å². The van der Waals surface area contributed by atoms with Gasteiger partial charge >= 0.3 is 0 Å². The molecule has 5 rings (SSSR count). The van der Waals surface area contributed by atoms with Crippen molar-refractivity contribution in [3.8, 4) is 11.4 Å². The Bertz CT molecular complexity index is 1110. The molecule has 0 N–H and O–H groups in total. The van der Waals surface area contributed by atoms with Crippen molar-refractivity contribution < 1.29 is 13.7 Å². The summed E-state index contributed by atoms with van der Waals surface area (Å²) in [5, 5.41) is 4.04. The van der Waals surface area contributed by atoms with Crippen LogP contribution in [-0.4, -0.2) is 45.0 Å². The van der Waals surface area contributed by atoms with E-state index in [0.29, 0.717) is 42.4 Å². The number of halogens is 1. The fourth-order valence-electron chi connectivity index (χ4n) is 4.48. The highest BCUT2D eigenvalue weighted by Gasteiger charge is 2.35. The summed E-state index contributed by atoms with van der Waals surface area (Å²) < 4.78 is 19.4. The van der Waals surface area contributed by atoms with E-state index >= 15 is 0 Å². The Morgan fingerprint density at radius 1 is 1.16 bits per heavy atom. The van der Waals surface area contributed by atoms with Crippen LogP contribution in [0, 0.1) is 12.7 Å². The molecule has 0 radical (unpaired) electrons. The zero-order valence-corrected chi connectivity index (χ0v) is 17.6. The van der Waals surface area contributed by atoms with Crippen LogP contribution >= 0.6 is 0 Å². The number of aryl methyl sites for hydroxylation is 1. The Morgan fingerprint density at radius 2 is 1.94 bits per heavy atom. The number of aromatic nitrogens is 2. The number of hydrogen-bond acceptors (Lipinski definition) is 5. The minimum Gasteiger partial charge on any atom is -0.341 e. The number of carbonyl (C=O) groups excluding carboxylic acids is 1. The third-order valence-electron chi connectivity index (χ3n) is 6.29. The Hall–Kier alpha value is -3.06. The first-order chi connectivity index (χ1) is 15.1. The lowest BCUT2D eigenvalue weighted by molar-refractivity contribution is -0.137. The topological polar surface area (TPSA) is 62.5 Å². The first-order valence-corrected chi connectivity index (χ1v) is 10.8. The number of nitrogens with zero attached hydrogens (tertiary/aromatic N) is 4. The number of carbonyl (C=O) groups is 1. The Morgan fingerprint density at radius 3 is 2.71 bits per heavy atom. The van der Waals surface area contributed by atoms with Crippen molar-refractivity contribution in [2.75, 3.05) is 13.1 Å². The highest BCUT2D eigenvalue weighted by molar-refractivity contribution is 5.82. The highest BCUT2D eigenvalue weighted by Crippen LogP contribution is 2.27. The van der Waals surface area contributed by atoms with Crippen LogP contribution in [0.3, 0.4) is 0 Å². The molecule has 2 aliphatic rings. The first-order valence-electron chi connectivity index (χ1n) is 10.8. The van der Waals surface area contributed by atoms with Crippen LogP contribution < -0.4 is 0 Å². The molecular weight excluding hydrogens is 395 g/mol. The SMILES string of the molecule is Cc1ccc(-c2noc(CN3Cc4ccccc4CC3C(=O)N3CCCC3)n2)cc1F. The average molecular weight is 420 g/mol. The van der Waals surface area contributed by atoms with E-state index in [1.165, 1.54) is 17.2 Å². The van der Waals surface area contributed by atoms with Gasteiger partial charge in [0.15, 0.2) is 0 Å². The lowest BCUT2D eigenvalue weighted by Crippen LogP contribution is -2.50. The van der Waals surface area contributed by atoms with Crippen molar-refractivity contribution in [3.63, 3.8) is 0 Å². The summed E-state index contributed by atoms with van der Waals surface area (Å²) in [6.07, 6.45) is 2.81. The van der Waals surface area contributed by atoms with Crippen molar-refractivity contribution in [2.45, 2.75) is 45.3 Å². The van der Waals surface area contributed by atoms with Crippen LogP contribution in [0.2, 0.25) is 0 Å². The third kappa shape index (κ3) is 3.97. The van der Waals surface area contributed by atoms with Crippen LogP contribution in [0.1, 0.15) is 35.4 Å². The predicted octanol–water partition coefficient (Wildman–Crippen LogP) is 3.73. The summed E-state index contributed by atoms with van der Waals surface area (Å²) in [5.41, 5.74) is 3.58. The molecule has 1 unspecified atom stereocenters. The number of likely N-dealkylation sites (tertiary alicyclic amines) is 1. The summed E-state index contributed by atoms with van der Waals surface area (Å²) in [7, 11) is 0. The van der Waals surface area contributed by atoms with Gasteiger partial charge in [-0.2, -0.15) is 4.98 Å². The maximum absolute atomic E-state index is 13.9. The Balaban J connectivity index is 1.40. The quantitative estimate of drug-likeness (QED) is 0.644. The smallest absolute Gasteiger partial charge is 0.241 e. The van der Waals surface area contributed by atoms with Gasteiger partial charge in [-0.05, 0) is 48.9 Å². The van der Waals surface area contributed by atoms with Crippen LogP contribution in [-0.2, 0) is 24.3 Å². The normalized spacial score (nSPS) is 18.9. The molecule has 31 heavy (non-hydrogen) atoms. The maximum atomic E-state index is 13.9. The number of benzene rings is 2. The highest BCUT2D eigenvalue weighted by atomic mass is 19.1. The van der Waals surface area contributed by atoms with Gasteiger partial charge in [0.1, 0.15) is 5.82 Å². The molecule has 0 spiro atoms. The van der Waals surface area contributed by atoms with E-state index in [1.807, 2.05) is 17.0 Å².